The van der Waals surface area contributed by atoms with Gasteiger partial charge in [-0.15, -0.1) is 0 Å². The van der Waals surface area contributed by atoms with Crippen LogP contribution in [0.3, 0.4) is 0 Å². The number of carbonyl (C=O) groups is 1. The van der Waals surface area contributed by atoms with E-state index in [1.54, 1.807) is 6.92 Å². The van der Waals surface area contributed by atoms with Crippen LogP contribution in [0.25, 0.3) is 0 Å². The highest BCUT2D eigenvalue weighted by Crippen LogP contribution is 2.44. The quantitative estimate of drug-likeness (QED) is 0.779. The molecule has 1 unspecified atom stereocenters. The molecule has 0 spiro atoms. The van der Waals surface area contributed by atoms with Crippen molar-refractivity contribution in [2.24, 2.45) is 17.3 Å². The molecule has 1 saturated carbocycles. The first kappa shape index (κ1) is 14.5. The molecule has 1 aliphatic carbocycles. The lowest BCUT2D eigenvalue weighted by atomic mass is 9.66. The SMILES string of the molecule is CC(O)CCC1(C(=O)O)CCC(C(C)C)CC1. The maximum Gasteiger partial charge on any atom is 0.309 e. The maximum atomic E-state index is 11.5. The number of rotatable bonds is 5. The minimum absolute atomic E-state index is 0.394. The highest BCUT2D eigenvalue weighted by molar-refractivity contribution is 5.74. The number of carboxylic acid groups (broad SMARTS) is 1. The fourth-order valence-electron chi connectivity index (χ4n) is 2.92. The largest absolute Gasteiger partial charge is 0.481 e. The van der Waals surface area contributed by atoms with Gasteiger partial charge in [-0.1, -0.05) is 13.8 Å². The average molecular weight is 242 g/mol. The molecule has 0 radical (unpaired) electrons. The summed E-state index contributed by atoms with van der Waals surface area (Å²) in [5.41, 5.74) is -0.567. The molecule has 0 amide bonds. The molecule has 100 valence electrons. The highest BCUT2D eigenvalue weighted by Gasteiger charge is 2.41. The molecule has 0 aromatic heterocycles. The predicted molar refractivity (Wildman–Crippen MR) is 67.8 cm³/mol. The van der Waals surface area contributed by atoms with Gasteiger partial charge in [0.2, 0.25) is 0 Å². The summed E-state index contributed by atoms with van der Waals surface area (Å²) in [7, 11) is 0. The van der Waals surface area contributed by atoms with Gasteiger partial charge >= 0.3 is 5.97 Å². The standard InChI is InChI=1S/C14H26O3/c1-10(2)12-5-8-14(9-6-12,13(16)17)7-4-11(3)15/h10-12,15H,4-9H2,1-3H3,(H,16,17). The van der Waals surface area contributed by atoms with Gasteiger partial charge in [0, 0.05) is 0 Å². The zero-order valence-electron chi connectivity index (χ0n) is 11.3. The van der Waals surface area contributed by atoms with E-state index in [4.69, 9.17) is 0 Å². The Hall–Kier alpha value is -0.570. The summed E-state index contributed by atoms with van der Waals surface area (Å²) < 4.78 is 0. The van der Waals surface area contributed by atoms with E-state index in [1.807, 2.05) is 0 Å². The second-order valence-electron chi connectivity index (χ2n) is 6.05. The first-order valence-electron chi connectivity index (χ1n) is 6.79. The number of aliphatic hydroxyl groups is 1. The molecule has 1 rings (SSSR count). The van der Waals surface area contributed by atoms with Crippen molar-refractivity contribution in [3.8, 4) is 0 Å². The van der Waals surface area contributed by atoms with Gasteiger partial charge in [0.1, 0.15) is 0 Å². The monoisotopic (exact) mass is 242 g/mol. The van der Waals surface area contributed by atoms with Crippen molar-refractivity contribution in [3.05, 3.63) is 0 Å². The van der Waals surface area contributed by atoms with Gasteiger partial charge in [0.05, 0.1) is 11.5 Å². The van der Waals surface area contributed by atoms with E-state index in [0.717, 1.165) is 25.7 Å². The van der Waals surface area contributed by atoms with E-state index in [0.29, 0.717) is 24.7 Å². The van der Waals surface area contributed by atoms with Crippen molar-refractivity contribution < 1.29 is 15.0 Å². The minimum Gasteiger partial charge on any atom is -0.481 e. The van der Waals surface area contributed by atoms with Crippen LogP contribution < -0.4 is 0 Å². The lowest BCUT2D eigenvalue weighted by molar-refractivity contribution is -0.152. The van der Waals surface area contributed by atoms with Crippen LogP contribution in [0.1, 0.15) is 59.3 Å². The van der Waals surface area contributed by atoms with Gasteiger partial charge in [-0.2, -0.15) is 0 Å². The molecule has 0 saturated heterocycles. The minimum atomic E-state index is -0.666. The third-order valence-electron chi connectivity index (χ3n) is 4.42. The Morgan fingerprint density at radius 2 is 1.82 bits per heavy atom. The zero-order valence-corrected chi connectivity index (χ0v) is 11.3. The summed E-state index contributed by atoms with van der Waals surface area (Å²) in [5.74, 6) is 0.660. The van der Waals surface area contributed by atoms with Crippen molar-refractivity contribution in [1.29, 1.82) is 0 Å². The molecular weight excluding hydrogens is 216 g/mol. The molecule has 3 nitrogen and oxygen atoms in total. The van der Waals surface area contributed by atoms with Crippen LogP contribution in [0.15, 0.2) is 0 Å². The number of hydrogen-bond acceptors (Lipinski definition) is 2. The molecule has 3 heteroatoms. The zero-order chi connectivity index (χ0) is 13.1. The predicted octanol–water partition coefficient (Wildman–Crippen LogP) is 3.06. The summed E-state index contributed by atoms with van der Waals surface area (Å²) in [6, 6.07) is 0. The fourth-order valence-corrected chi connectivity index (χ4v) is 2.92. The van der Waals surface area contributed by atoms with Crippen LogP contribution in [0.2, 0.25) is 0 Å². The molecule has 0 aromatic rings. The van der Waals surface area contributed by atoms with Crippen LogP contribution in [-0.2, 0) is 4.79 Å². The number of hydrogen-bond donors (Lipinski definition) is 2. The van der Waals surface area contributed by atoms with Gasteiger partial charge in [0.15, 0.2) is 0 Å². The molecule has 0 aromatic carbocycles. The van der Waals surface area contributed by atoms with Gasteiger partial charge in [-0.25, -0.2) is 0 Å². The van der Waals surface area contributed by atoms with Crippen LogP contribution >= 0.6 is 0 Å². The summed E-state index contributed by atoms with van der Waals surface area (Å²) in [4.78, 5) is 11.5. The molecule has 0 aliphatic heterocycles. The van der Waals surface area contributed by atoms with E-state index >= 15 is 0 Å². The Balaban J connectivity index is 2.60. The molecule has 0 heterocycles. The average Bonchev–Trinajstić information content (AvgIpc) is 2.26. The molecular formula is C14H26O3. The lowest BCUT2D eigenvalue weighted by Crippen LogP contribution is -2.37. The van der Waals surface area contributed by atoms with Gasteiger partial charge in [0.25, 0.3) is 0 Å². The van der Waals surface area contributed by atoms with Gasteiger partial charge in [-0.3, -0.25) is 4.79 Å². The summed E-state index contributed by atoms with van der Waals surface area (Å²) in [6.45, 7) is 6.16. The summed E-state index contributed by atoms with van der Waals surface area (Å²) in [5, 5.41) is 18.8. The molecule has 0 bridgehead atoms. The third-order valence-corrected chi connectivity index (χ3v) is 4.42. The van der Waals surface area contributed by atoms with Crippen LogP contribution in [0.4, 0.5) is 0 Å². The fraction of sp³-hybridized carbons (Fsp3) is 0.929. The normalized spacial score (nSPS) is 31.5. The molecule has 2 N–H and O–H groups in total. The second-order valence-corrected chi connectivity index (χ2v) is 6.05. The first-order valence-corrected chi connectivity index (χ1v) is 6.79. The van der Waals surface area contributed by atoms with Crippen molar-refractivity contribution >= 4 is 5.97 Å². The van der Waals surface area contributed by atoms with Crippen molar-refractivity contribution in [2.75, 3.05) is 0 Å². The second kappa shape index (κ2) is 5.85. The van der Waals surface area contributed by atoms with E-state index in [2.05, 4.69) is 13.8 Å². The first-order chi connectivity index (χ1) is 7.87. The van der Waals surface area contributed by atoms with E-state index in [9.17, 15) is 15.0 Å². The van der Waals surface area contributed by atoms with Crippen molar-refractivity contribution in [3.63, 3.8) is 0 Å². The molecule has 17 heavy (non-hydrogen) atoms. The smallest absolute Gasteiger partial charge is 0.309 e. The number of carboxylic acids is 1. The molecule has 1 fully saturated rings. The number of aliphatic hydroxyl groups excluding tert-OH is 1. The van der Waals surface area contributed by atoms with E-state index < -0.39 is 17.5 Å². The Labute approximate surface area is 104 Å². The Kier molecular flexibility index (Phi) is 4.99. The summed E-state index contributed by atoms with van der Waals surface area (Å²) in [6.07, 6.45) is 4.40. The van der Waals surface area contributed by atoms with Crippen molar-refractivity contribution in [1.82, 2.24) is 0 Å². The summed E-state index contributed by atoms with van der Waals surface area (Å²) >= 11 is 0. The van der Waals surface area contributed by atoms with Gasteiger partial charge in [-0.05, 0) is 57.3 Å². The Bertz CT molecular complexity index is 250. The Morgan fingerprint density at radius 3 is 2.18 bits per heavy atom. The lowest BCUT2D eigenvalue weighted by Gasteiger charge is -2.38. The Morgan fingerprint density at radius 1 is 1.29 bits per heavy atom. The van der Waals surface area contributed by atoms with E-state index in [1.165, 1.54) is 0 Å². The van der Waals surface area contributed by atoms with Crippen LogP contribution in [0, 0.1) is 17.3 Å². The third kappa shape index (κ3) is 3.70. The molecule has 1 atom stereocenters. The van der Waals surface area contributed by atoms with Crippen LogP contribution in [-0.4, -0.2) is 22.3 Å². The topological polar surface area (TPSA) is 57.5 Å². The maximum absolute atomic E-state index is 11.5. The van der Waals surface area contributed by atoms with E-state index in [-0.39, 0.29) is 0 Å². The number of aliphatic carboxylic acids is 1. The molecule has 1 aliphatic rings. The van der Waals surface area contributed by atoms with Crippen LogP contribution in [0.5, 0.6) is 0 Å². The van der Waals surface area contributed by atoms with Crippen molar-refractivity contribution in [2.45, 2.75) is 65.4 Å². The van der Waals surface area contributed by atoms with Gasteiger partial charge < -0.3 is 10.2 Å². The highest BCUT2D eigenvalue weighted by atomic mass is 16.4.